The zero-order valence-electron chi connectivity index (χ0n) is 4.94. The molecule has 44 valence electrons. The van der Waals surface area contributed by atoms with E-state index in [9.17, 15) is 0 Å². The fraction of sp³-hybridized carbons (Fsp3) is 1.00. The molecule has 0 rings (SSSR count). The summed E-state index contributed by atoms with van der Waals surface area (Å²) in [5.74, 6) is 0. The van der Waals surface area contributed by atoms with Crippen molar-refractivity contribution in [3.8, 4) is 0 Å². The van der Waals surface area contributed by atoms with E-state index < -0.39 is 0 Å². The van der Waals surface area contributed by atoms with Crippen LogP contribution >= 0.6 is 0 Å². The van der Waals surface area contributed by atoms with Crippen LogP contribution in [0.5, 0.6) is 0 Å². The van der Waals surface area contributed by atoms with E-state index >= 15 is 0 Å². The minimum atomic E-state index is 0.532. The van der Waals surface area contributed by atoms with Crippen LogP contribution in [0.3, 0.4) is 0 Å². The van der Waals surface area contributed by atoms with E-state index in [0.29, 0.717) is 16.9 Å². The molecule has 3 heteroatoms. The zero-order chi connectivity index (χ0) is 5.54. The van der Waals surface area contributed by atoms with Crippen LogP contribution in [-0.2, 0) is 8.50 Å². The van der Waals surface area contributed by atoms with E-state index in [1.54, 1.807) is 0 Å². The standard InChI is InChI=1S/C4H12GeO2/c1-2-6-3-4-7-5/h2-4H2,1,5H3. The first-order chi connectivity index (χ1) is 3.41. The van der Waals surface area contributed by atoms with Crippen molar-refractivity contribution in [2.75, 3.05) is 19.8 Å². The predicted octanol–water partition coefficient (Wildman–Crippen LogP) is -0.680. The second-order valence-corrected chi connectivity index (χ2v) is 2.40. The van der Waals surface area contributed by atoms with Gasteiger partial charge in [0, 0.05) is 0 Å². The summed E-state index contributed by atoms with van der Waals surface area (Å²) in [5, 5.41) is 0. The third-order valence-electron chi connectivity index (χ3n) is 0.636. The van der Waals surface area contributed by atoms with Gasteiger partial charge in [0.2, 0.25) is 0 Å². The summed E-state index contributed by atoms with van der Waals surface area (Å²) in [6.07, 6.45) is 0. The van der Waals surface area contributed by atoms with Crippen LogP contribution in [0.2, 0.25) is 0 Å². The van der Waals surface area contributed by atoms with Gasteiger partial charge in [-0.3, -0.25) is 0 Å². The van der Waals surface area contributed by atoms with Crippen LogP contribution in [0.4, 0.5) is 0 Å². The Hall–Kier alpha value is 0.463. The van der Waals surface area contributed by atoms with Crippen molar-refractivity contribution in [1.82, 2.24) is 0 Å². The van der Waals surface area contributed by atoms with Crippen LogP contribution in [0.1, 0.15) is 6.92 Å². The average molecular weight is 165 g/mol. The zero-order valence-corrected chi connectivity index (χ0v) is 9.13. The number of ether oxygens (including phenoxy) is 1. The molecule has 0 aromatic carbocycles. The fourth-order valence-corrected chi connectivity index (χ4v) is 0.636. The predicted molar refractivity (Wildman–Crippen MR) is 32.4 cm³/mol. The van der Waals surface area contributed by atoms with Gasteiger partial charge in [-0.05, 0) is 0 Å². The summed E-state index contributed by atoms with van der Waals surface area (Å²) in [4.78, 5) is 0. The molecule has 0 aromatic rings. The number of hydrogen-bond donors (Lipinski definition) is 0. The van der Waals surface area contributed by atoms with Crippen molar-refractivity contribution in [3.05, 3.63) is 0 Å². The molecule has 0 heterocycles. The summed E-state index contributed by atoms with van der Waals surface area (Å²) >= 11 is 0.532. The topological polar surface area (TPSA) is 18.5 Å². The first kappa shape index (κ1) is 7.46. The van der Waals surface area contributed by atoms with Crippen LogP contribution in [0.15, 0.2) is 0 Å². The van der Waals surface area contributed by atoms with Crippen molar-refractivity contribution in [2.24, 2.45) is 0 Å². The second kappa shape index (κ2) is 6.46. The Morgan fingerprint density at radius 3 is 2.57 bits per heavy atom. The molecule has 0 fully saturated rings. The molecular weight excluding hydrogens is 153 g/mol. The third kappa shape index (κ3) is 6.46. The molecule has 0 amide bonds. The van der Waals surface area contributed by atoms with Gasteiger partial charge < -0.3 is 0 Å². The molecule has 0 aliphatic heterocycles. The molecule has 2 nitrogen and oxygen atoms in total. The first-order valence-electron chi connectivity index (χ1n) is 2.48. The van der Waals surface area contributed by atoms with Crippen LogP contribution in [0, 0.1) is 0 Å². The van der Waals surface area contributed by atoms with Gasteiger partial charge in [-0.25, -0.2) is 0 Å². The van der Waals surface area contributed by atoms with Gasteiger partial charge in [0.05, 0.1) is 0 Å². The van der Waals surface area contributed by atoms with Gasteiger partial charge in [-0.2, -0.15) is 0 Å². The summed E-state index contributed by atoms with van der Waals surface area (Å²) in [5.41, 5.74) is 0. The molecular formula is C4H12GeO2. The Morgan fingerprint density at radius 2 is 2.14 bits per heavy atom. The third-order valence-corrected chi connectivity index (χ3v) is 1.49. The quantitative estimate of drug-likeness (QED) is 0.405. The molecule has 0 saturated heterocycles. The van der Waals surface area contributed by atoms with Gasteiger partial charge >= 0.3 is 52.1 Å². The van der Waals surface area contributed by atoms with Gasteiger partial charge in [0.1, 0.15) is 0 Å². The minimum absolute atomic E-state index is 0.532. The molecule has 7 heavy (non-hydrogen) atoms. The van der Waals surface area contributed by atoms with Gasteiger partial charge in [0.25, 0.3) is 0 Å². The van der Waals surface area contributed by atoms with Crippen molar-refractivity contribution < 1.29 is 8.50 Å². The van der Waals surface area contributed by atoms with Crippen molar-refractivity contribution in [3.63, 3.8) is 0 Å². The van der Waals surface area contributed by atoms with E-state index in [0.717, 1.165) is 19.8 Å². The Kier molecular flexibility index (Phi) is 6.89. The molecule has 0 bridgehead atoms. The van der Waals surface area contributed by atoms with E-state index in [1.165, 1.54) is 0 Å². The SMILES string of the molecule is CCOCC[O][GeH3]. The number of hydrogen-bond acceptors (Lipinski definition) is 2. The molecule has 0 radical (unpaired) electrons. The molecule has 0 atom stereocenters. The van der Waals surface area contributed by atoms with Gasteiger partial charge in [-0.15, -0.1) is 0 Å². The van der Waals surface area contributed by atoms with E-state index in [2.05, 4.69) is 0 Å². The molecule has 0 saturated carbocycles. The normalized spacial score (nSPS) is 9.86. The summed E-state index contributed by atoms with van der Waals surface area (Å²) in [6, 6.07) is 0. The monoisotopic (exact) mass is 166 g/mol. The average Bonchev–Trinajstić information content (AvgIpc) is 1.69. The van der Waals surface area contributed by atoms with Crippen molar-refractivity contribution in [2.45, 2.75) is 6.92 Å². The fourth-order valence-electron chi connectivity index (χ4n) is 0.287. The summed E-state index contributed by atoms with van der Waals surface area (Å²) in [7, 11) is 0. The molecule has 0 aliphatic rings. The van der Waals surface area contributed by atoms with Crippen LogP contribution in [-0.4, -0.2) is 36.7 Å². The summed E-state index contributed by atoms with van der Waals surface area (Å²) in [6.45, 7) is 4.33. The maximum atomic E-state index is 4.98. The molecule has 0 N–H and O–H groups in total. The van der Waals surface area contributed by atoms with Crippen LogP contribution < -0.4 is 0 Å². The Labute approximate surface area is 52.8 Å². The molecule has 0 spiro atoms. The Bertz CT molecular complexity index is 28.9. The van der Waals surface area contributed by atoms with Crippen molar-refractivity contribution in [1.29, 1.82) is 0 Å². The van der Waals surface area contributed by atoms with Gasteiger partial charge in [-0.1, -0.05) is 0 Å². The molecule has 0 aliphatic carbocycles. The summed E-state index contributed by atoms with van der Waals surface area (Å²) < 4.78 is 9.89. The van der Waals surface area contributed by atoms with Crippen molar-refractivity contribution >= 4 is 16.9 Å². The first-order valence-corrected chi connectivity index (χ1v) is 4.19. The second-order valence-electron chi connectivity index (χ2n) is 1.19. The van der Waals surface area contributed by atoms with E-state index in [4.69, 9.17) is 8.50 Å². The van der Waals surface area contributed by atoms with E-state index in [-0.39, 0.29) is 0 Å². The Morgan fingerprint density at radius 1 is 1.43 bits per heavy atom. The van der Waals surface area contributed by atoms with Crippen LogP contribution in [0.25, 0.3) is 0 Å². The molecule has 0 unspecified atom stereocenters. The van der Waals surface area contributed by atoms with E-state index in [1.807, 2.05) is 6.92 Å². The number of rotatable bonds is 4. The Balaban J connectivity index is 2.45. The molecule has 0 aromatic heterocycles. The van der Waals surface area contributed by atoms with Gasteiger partial charge in [0.15, 0.2) is 0 Å². The maximum absolute atomic E-state index is 4.98.